The van der Waals surface area contributed by atoms with Crippen LogP contribution in [-0.2, 0) is 11.2 Å². The summed E-state index contributed by atoms with van der Waals surface area (Å²) in [6.07, 6.45) is 8.53. The summed E-state index contributed by atoms with van der Waals surface area (Å²) in [5, 5.41) is 3.70. The third kappa shape index (κ3) is 3.65. The van der Waals surface area contributed by atoms with E-state index in [0.29, 0.717) is 18.4 Å². The van der Waals surface area contributed by atoms with Gasteiger partial charge in [-0.3, -0.25) is 9.78 Å². The average Bonchev–Trinajstić information content (AvgIpc) is 2.92. The highest BCUT2D eigenvalue weighted by Gasteiger charge is 2.40. The van der Waals surface area contributed by atoms with Gasteiger partial charge in [0.15, 0.2) is 0 Å². The maximum Gasteiger partial charge on any atom is 0.227 e. The molecule has 2 aliphatic heterocycles. The van der Waals surface area contributed by atoms with Crippen molar-refractivity contribution < 1.29 is 4.79 Å². The molecule has 2 aromatic rings. The van der Waals surface area contributed by atoms with Crippen molar-refractivity contribution in [3.63, 3.8) is 0 Å². The molecule has 0 radical (unpaired) electrons. The predicted molar refractivity (Wildman–Crippen MR) is 103 cm³/mol. The van der Waals surface area contributed by atoms with E-state index in [1.54, 1.807) is 12.4 Å². The minimum absolute atomic E-state index is 0.236. The maximum absolute atomic E-state index is 13.2. The Hall–Kier alpha value is -2.20. The zero-order valence-corrected chi connectivity index (χ0v) is 15.2. The molecule has 2 saturated heterocycles. The van der Waals surface area contributed by atoms with Gasteiger partial charge in [0.1, 0.15) is 0 Å². The first kappa shape index (κ1) is 17.2. The Morgan fingerprint density at radius 1 is 1.12 bits per heavy atom. The number of hydrogen-bond donors (Lipinski definition) is 1. The number of fused-ring (bicyclic) bond motifs is 1. The maximum atomic E-state index is 13.2. The molecule has 4 heteroatoms. The van der Waals surface area contributed by atoms with Crippen LogP contribution in [-0.4, -0.2) is 41.0 Å². The molecule has 136 valence electrons. The summed E-state index contributed by atoms with van der Waals surface area (Å²) in [4.78, 5) is 19.6. The molecule has 2 aliphatic rings. The number of carbonyl (C=O) groups excluding carboxylic acids is 1. The summed E-state index contributed by atoms with van der Waals surface area (Å²) in [5.74, 6) is 0.651. The Labute approximate surface area is 155 Å². The molecule has 0 spiro atoms. The quantitative estimate of drug-likeness (QED) is 0.926. The number of carbonyl (C=O) groups is 1. The summed E-state index contributed by atoms with van der Waals surface area (Å²) in [7, 11) is 0. The summed E-state index contributed by atoms with van der Waals surface area (Å²) in [6.45, 7) is 1.90. The van der Waals surface area contributed by atoms with Gasteiger partial charge in [-0.05, 0) is 43.0 Å². The average molecular weight is 349 g/mol. The highest BCUT2D eigenvalue weighted by atomic mass is 16.2. The Balaban J connectivity index is 1.61. The predicted octanol–water partition coefficient (Wildman–Crippen LogP) is 3.15. The largest absolute Gasteiger partial charge is 0.337 e. The van der Waals surface area contributed by atoms with Crippen LogP contribution in [0.2, 0.25) is 0 Å². The molecule has 1 N–H and O–H groups in total. The lowest BCUT2D eigenvalue weighted by atomic mass is 9.80. The van der Waals surface area contributed by atoms with Gasteiger partial charge in [0.25, 0.3) is 0 Å². The fourth-order valence-electron chi connectivity index (χ4n) is 4.63. The first-order valence-electron chi connectivity index (χ1n) is 9.79. The second kappa shape index (κ2) is 8.00. The van der Waals surface area contributed by atoms with Gasteiger partial charge in [-0.15, -0.1) is 0 Å². The normalized spacial score (nSPS) is 26.0. The van der Waals surface area contributed by atoms with Gasteiger partial charge in [-0.25, -0.2) is 0 Å². The van der Waals surface area contributed by atoms with Crippen LogP contribution >= 0.6 is 0 Å². The van der Waals surface area contributed by atoms with Crippen molar-refractivity contribution in [1.82, 2.24) is 15.2 Å². The fourth-order valence-corrected chi connectivity index (χ4v) is 4.63. The van der Waals surface area contributed by atoms with Crippen LogP contribution in [0.15, 0.2) is 54.9 Å². The molecule has 0 bridgehead atoms. The van der Waals surface area contributed by atoms with Crippen molar-refractivity contribution in [3.05, 3.63) is 66.0 Å². The molecule has 26 heavy (non-hydrogen) atoms. The molecule has 3 atom stereocenters. The molecule has 4 nitrogen and oxygen atoms in total. The van der Waals surface area contributed by atoms with Crippen LogP contribution in [0.25, 0.3) is 0 Å². The number of rotatable bonds is 3. The number of amides is 1. The van der Waals surface area contributed by atoms with Crippen molar-refractivity contribution in [1.29, 1.82) is 0 Å². The van der Waals surface area contributed by atoms with E-state index in [1.807, 2.05) is 12.1 Å². The van der Waals surface area contributed by atoms with Gasteiger partial charge in [0.05, 0.1) is 12.5 Å². The molecular weight excluding hydrogens is 322 g/mol. The lowest BCUT2D eigenvalue weighted by molar-refractivity contribution is -0.134. The van der Waals surface area contributed by atoms with Crippen LogP contribution in [0.4, 0.5) is 0 Å². The van der Waals surface area contributed by atoms with Crippen molar-refractivity contribution in [2.75, 3.05) is 13.1 Å². The monoisotopic (exact) mass is 349 g/mol. The van der Waals surface area contributed by atoms with E-state index in [9.17, 15) is 4.79 Å². The number of nitrogens with one attached hydrogen (secondary N) is 1. The number of likely N-dealkylation sites (tertiary alicyclic amines) is 1. The number of piperidine rings is 1. The van der Waals surface area contributed by atoms with Gasteiger partial charge in [-0.1, -0.05) is 42.8 Å². The van der Waals surface area contributed by atoms with Crippen LogP contribution in [0.3, 0.4) is 0 Å². The van der Waals surface area contributed by atoms with Crippen molar-refractivity contribution in [2.45, 2.75) is 50.1 Å². The van der Waals surface area contributed by atoms with E-state index in [2.05, 4.69) is 45.5 Å². The number of nitrogens with zero attached hydrogens (tertiary/aromatic N) is 2. The van der Waals surface area contributed by atoms with Crippen molar-refractivity contribution in [3.8, 4) is 0 Å². The molecule has 1 aromatic carbocycles. The summed E-state index contributed by atoms with van der Waals surface area (Å²) in [6, 6.07) is 15.3. The van der Waals surface area contributed by atoms with E-state index in [1.165, 1.54) is 12.0 Å². The van der Waals surface area contributed by atoms with E-state index in [0.717, 1.165) is 37.9 Å². The van der Waals surface area contributed by atoms with Crippen molar-refractivity contribution >= 4 is 5.91 Å². The Kier molecular flexibility index (Phi) is 5.30. The second-order valence-corrected chi connectivity index (χ2v) is 7.48. The lowest BCUT2D eigenvalue weighted by Gasteiger charge is -2.44. The highest BCUT2D eigenvalue weighted by molar-refractivity contribution is 5.79. The zero-order valence-electron chi connectivity index (χ0n) is 15.2. The smallest absolute Gasteiger partial charge is 0.227 e. The molecule has 0 unspecified atom stereocenters. The lowest BCUT2D eigenvalue weighted by Crippen LogP contribution is -2.58. The van der Waals surface area contributed by atoms with Crippen LogP contribution < -0.4 is 5.32 Å². The minimum Gasteiger partial charge on any atom is -0.337 e. The van der Waals surface area contributed by atoms with Crippen LogP contribution in [0.1, 0.15) is 42.7 Å². The van der Waals surface area contributed by atoms with E-state index >= 15 is 0 Å². The van der Waals surface area contributed by atoms with Crippen LogP contribution in [0, 0.1) is 0 Å². The standard InChI is InChI=1S/C22H27N3O/c26-21(15-17-7-6-12-23-16-17)25-14-5-4-10-20-22(25)19(11-13-24-20)18-8-2-1-3-9-18/h1-3,6-9,12,16,19-20,22,24H,4-5,10-11,13-15H2/t19-,20-,22-/m1/s1. The molecule has 0 saturated carbocycles. The van der Waals surface area contributed by atoms with Gasteiger partial charge in [0.2, 0.25) is 5.91 Å². The summed E-state index contributed by atoms with van der Waals surface area (Å²) in [5.41, 5.74) is 2.36. The second-order valence-electron chi connectivity index (χ2n) is 7.48. The molecule has 0 aliphatic carbocycles. The Bertz CT molecular complexity index is 719. The van der Waals surface area contributed by atoms with Gasteiger partial charge >= 0.3 is 0 Å². The van der Waals surface area contributed by atoms with Gasteiger partial charge in [0, 0.05) is 30.9 Å². The first-order valence-corrected chi connectivity index (χ1v) is 9.79. The molecule has 4 rings (SSSR count). The first-order chi connectivity index (χ1) is 12.8. The molecule has 3 heterocycles. The molecule has 2 fully saturated rings. The Morgan fingerprint density at radius 3 is 2.81 bits per heavy atom. The van der Waals surface area contributed by atoms with E-state index in [-0.39, 0.29) is 11.9 Å². The third-order valence-corrected chi connectivity index (χ3v) is 5.84. The van der Waals surface area contributed by atoms with Gasteiger partial charge < -0.3 is 10.2 Å². The summed E-state index contributed by atoms with van der Waals surface area (Å²) < 4.78 is 0. The van der Waals surface area contributed by atoms with E-state index < -0.39 is 0 Å². The molecule has 1 aromatic heterocycles. The molecule has 1 amide bonds. The number of pyridine rings is 1. The Morgan fingerprint density at radius 2 is 2.00 bits per heavy atom. The zero-order chi connectivity index (χ0) is 17.8. The molecular formula is C22H27N3O. The summed E-state index contributed by atoms with van der Waals surface area (Å²) >= 11 is 0. The number of benzene rings is 1. The third-order valence-electron chi connectivity index (χ3n) is 5.84. The topological polar surface area (TPSA) is 45.2 Å². The van der Waals surface area contributed by atoms with Crippen molar-refractivity contribution in [2.24, 2.45) is 0 Å². The number of aromatic nitrogens is 1. The number of hydrogen-bond acceptors (Lipinski definition) is 3. The minimum atomic E-state index is 0.236. The van der Waals surface area contributed by atoms with Gasteiger partial charge in [-0.2, -0.15) is 0 Å². The van der Waals surface area contributed by atoms with Crippen LogP contribution in [0.5, 0.6) is 0 Å². The highest BCUT2D eigenvalue weighted by Crippen LogP contribution is 2.35. The SMILES string of the molecule is O=C(Cc1cccnc1)N1CCCC[C@H]2NCC[C@H](c3ccccc3)[C@H]21. The van der Waals surface area contributed by atoms with E-state index in [4.69, 9.17) is 0 Å². The fraction of sp³-hybridized carbons (Fsp3) is 0.455.